The summed E-state index contributed by atoms with van der Waals surface area (Å²) in [5.74, 6) is 1.16. The largest absolute Gasteiger partial charge is 0.492 e. The first-order valence-electron chi connectivity index (χ1n) is 4.87. The van der Waals surface area contributed by atoms with E-state index in [0.717, 1.165) is 16.4 Å². The average Bonchev–Trinajstić information content (AvgIpc) is 2.28. The fourth-order valence-corrected chi connectivity index (χ4v) is 2.48. The number of anilines is 1. The van der Waals surface area contributed by atoms with Gasteiger partial charge in [-0.3, -0.25) is 0 Å². The standard InChI is InChI=1S/C11H13FN2O3S/c1-4-5-14(2)18(15,16)8-6-9(12)11(17-3)10(13)7-8/h1,6-7H,5,13H2,2-3H3. The summed E-state index contributed by atoms with van der Waals surface area (Å²) in [5, 5.41) is 0. The molecule has 0 saturated carbocycles. The number of sulfonamides is 1. The van der Waals surface area contributed by atoms with Gasteiger partial charge in [-0.1, -0.05) is 5.92 Å². The number of nitrogens with two attached hydrogens (primary N) is 1. The van der Waals surface area contributed by atoms with Gasteiger partial charge in [0.1, 0.15) is 0 Å². The maximum Gasteiger partial charge on any atom is 0.243 e. The predicted octanol–water partition coefficient (Wildman–Crippen LogP) is 0.670. The summed E-state index contributed by atoms with van der Waals surface area (Å²) in [6.45, 7) is -0.115. The predicted molar refractivity (Wildman–Crippen MR) is 66.0 cm³/mol. The highest BCUT2D eigenvalue weighted by atomic mass is 32.2. The Labute approximate surface area is 105 Å². The number of terminal acetylenes is 1. The Hall–Kier alpha value is -1.78. The SMILES string of the molecule is C#CCN(C)S(=O)(=O)c1cc(N)c(OC)c(F)c1. The summed E-state index contributed by atoms with van der Waals surface area (Å²) in [4.78, 5) is -0.268. The Morgan fingerprint density at radius 2 is 2.17 bits per heavy atom. The van der Waals surface area contributed by atoms with Gasteiger partial charge in [0.25, 0.3) is 0 Å². The molecule has 0 heterocycles. The highest BCUT2D eigenvalue weighted by Gasteiger charge is 2.23. The molecule has 1 rings (SSSR count). The zero-order chi connectivity index (χ0) is 13.9. The highest BCUT2D eigenvalue weighted by Crippen LogP contribution is 2.29. The second-order valence-electron chi connectivity index (χ2n) is 3.49. The summed E-state index contributed by atoms with van der Waals surface area (Å²) in [6.07, 6.45) is 5.03. The number of methoxy groups -OCH3 is 1. The Kier molecular flexibility index (Phi) is 4.16. The van der Waals surface area contributed by atoms with Crippen molar-refractivity contribution in [2.45, 2.75) is 4.90 Å². The molecule has 7 heteroatoms. The minimum absolute atomic E-state index is 0.0924. The molecule has 5 nitrogen and oxygen atoms in total. The molecule has 0 spiro atoms. The molecule has 0 aromatic heterocycles. The van der Waals surface area contributed by atoms with Crippen molar-refractivity contribution >= 4 is 15.7 Å². The van der Waals surface area contributed by atoms with E-state index in [-0.39, 0.29) is 22.9 Å². The Morgan fingerprint density at radius 1 is 1.56 bits per heavy atom. The van der Waals surface area contributed by atoms with Crippen LogP contribution in [-0.2, 0) is 10.0 Å². The molecule has 1 aromatic carbocycles. The van der Waals surface area contributed by atoms with Crippen LogP contribution in [0.5, 0.6) is 5.75 Å². The Morgan fingerprint density at radius 3 is 2.61 bits per heavy atom. The summed E-state index contributed by atoms with van der Waals surface area (Å²) in [6, 6.07) is 1.97. The van der Waals surface area contributed by atoms with Crippen molar-refractivity contribution in [3.8, 4) is 18.1 Å². The molecule has 18 heavy (non-hydrogen) atoms. The molecular formula is C11H13FN2O3S. The minimum atomic E-state index is -3.86. The molecule has 0 atom stereocenters. The summed E-state index contributed by atoms with van der Waals surface area (Å²) < 4.78 is 43.2. The van der Waals surface area contributed by atoms with Gasteiger partial charge < -0.3 is 10.5 Å². The average molecular weight is 272 g/mol. The molecule has 0 aliphatic rings. The third-order valence-electron chi connectivity index (χ3n) is 2.27. The van der Waals surface area contributed by atoms with Gasteiger partial charge in [0.05, 0.1) is 24.2 Å². The van der Waals surface area contributed by atoms with E-state index in [9.17, 15) is 12.8 Å². The smallest absolute Gasteiger partial charge is 0.243 e. The molecule has 2 N–H and O–H groups in total. The van der Waals surface area contributed by atoms with Crippen LogP contribution >= 0.6 is 0 Å². The van der Waals surface area contributed by atoms with E-state index >= 15 is 0 Å². The minimum Gasteiger partial charge on any atom is -0.492 e. The lowest BCUT2D eigenvalue weighted by molar-refractivity contribution is 0.387. The normalized spacial score (nSPS) is 11.3. The van der Waals surface area contributed by atoms with Gasteiger partial charge in [-0.25, -0.2) is 12.8 Å². The number of ether oxygens (including phenoxy) is 1. The van der Waals surface area contributed by atoms with E-state index in [4.69, 9.17) is 16.9 Å². The van der Waals surface area contributed by atoms with Gasteiger partial charge in [-0.05, 0) is 12.1 Å². The van der Waals surface area contributed by atoms with E-state index < -0.39 is 15.8 Å². The number of halogens is 1. The molecule has 0 aliphatic carbocycles. The van der Waals surface area contributed by atoms with Crippen molar-refractivity contribution in [2.75, 3.05) is 26.4 Å². The van der Waals surface area contributed by atoms with Gasteiger partial charge >= 0.3 is 0 Å². The van der Waals surface area contributed by atoms with Crippen molar-refractivity contribution in [3.63, 3.8) is 0 Å². The first kappa shape index (κ1) is 14.3. The molecule has 0 unspecified atom stereocenters. The molecule has 0 saturated heterocycles. The summed E-state index contributed by atoms with van der Waals surface area (Å²) in [5.41, 5.74) is 5.42. The number of nitrogen functional groups attached to an aromatic ring is 1. The molecule has 0 amide bonds. The number of hydrogen-bond donors (Lipinski definition) is 1. The second kappa shape index (κ2) is 5.25. The molecule has 98 valence electrons. The topological polar surface area (TPSA) is 72.6 Å². The lowest BCUT2D eigenvalue weighted by atomic mass is 10.3. The van der Waals surface area contributed by atoms with Crippen molar-refractivity contribution in [1.82, 2.24) is 4.31 Å². The quantitative estimate of drug-likeness (QED) is 0.646. The number of nitrogens with zero attached hydrogens (tertiary/aromatic N) is 1. The van der Waals surface area contributed by atoms with Crippen LogP contribution in [0.3, 0.4) is 0 Å². The summed E-state index contributed by atoms with van der Waals surface area (Å²) >= 11 is 0. The Balaban J connectivity index is 3.32. The molecule has 0 fully saturated rings. The fraction of sp³-hybridized carbons (Fsp3) is 0.273. The van der Waals surface area contributed by atoms with Gasteiger partial charge in [0, 0.05) is 7.05 Å². The second-order valence-corrected chi connectivity index (χ2v) is 5.54. The third-order valence-corrected chi connectivity index (χ3v) is 4.05. The lowest BCUT2D eigenvalue weighted by Gasteiger charge is -2.15. The molecule has 0 bridgehead atoms. The molecule has 0 radical (unpaired) electrons. The van der Waals surface area contributed by atoms with Crippen LogP contribution < -0.4 is 10.5 Å². The van der Waals surface area contributed by atoms with E-state index in [1.54, 1.807) is 0 Å². The van der Waals surface area contributed by atoms with E-state index in [2.05, 4.69) is 5.92 Å². The zero-order valence-corrected chi connectivity index (χ0v) is 10.8. The van der Waals surface area contributed by atoms with Crippen LogP contribution in [0.4, 0.5) is 10.1 Å². The first-order chi connectivity index (χ1) is 8.34. The first-order valence-corrected chi connectivity index (χ1v) is 6.31. The van der Waals surface area contributed by atoms with E-state index in [1.807, 2.05) is 0 Å². The lowest BCUT2D eigenvalue weighted by Crippen LogP contribution is -2.27. The van der Waals surface area contributed by atoms with Crippen LogP contribution in [0, 0.1) is 18.2 Å². The fourth-order valence-electron chi connectivity index (χ4n) is 1.35. The van der Waals surface area contributed by atoms with Crippen molar-refractivity contribution in [2.24, 2.45) is 0 Å². The Bertz CT molecular complexity index is 570. The number of rotatable bonds is 4. The van der Waals surface area contributed by atoms with Crippen molar-refractivity contribution in [1.29, 1.82) is 0 Å². The van der Waals surface area contributed by atoms with Gasteiger partial charge in [0.15, 0.2) is 11.6 Å². The van der Waals surface area contributed by atoms with Crippen LogP contribution in [0.1, 0.15) is 0 Å². The van der Waals surface area contributed by atoms with Crippen LogP contribution in [0.15, 0.2) is 17.0 Å². The highest BCUT2D eigenvalue weighted by molar-refractivity contribution is 7.89. The monoisotopic (exact) mass is 272 g/mol. The number of benzene rings is 1. The van der Waals surface area contributed by atoms with E-state index in [0.29, 0.717) is 0 Å². The molecular weight excluding hydrogens is 259 g/mol. The van der Waals surface area contributed by atoms with Crippen LogP contribution in [0.25, 0.3) is 0 Å². The van der Waals surface area contributed by atoms with Gasteiger partial charge in [-0.15, -0.1) is 6.42 Å². The van der Waals surface area contributed by atoms with Crippen molar-refractivity contribution < 1.29 is 17.5 Å². The van der Waals surface area contributed by atoms with Crippen LogP contribution in [0.2, 0.25) is 0 Å². The summed E-state index contributed by atoms with van der Waals surface area (Å²) in [7, 11) is -1.31. The molecule has 1 aromatic rings. The zero-order valence-electron chi connectivity index (χ0n) is 9.97. The third kappa shape index (κ3) is 2.55. The van der Waals surface area contributed by atoms with Crippen LogP contribution in [-0.4, -0.2) is 33.4 Å². The maximum absolute atomic E-state index is 13.6. The van der Waals surface area contributed by atoms with E-state index in [1.165, 1.54) is 14.2 Å². The van der Waals surface area contributed by atoms with Gasteiger partial charge in [0.2, 0.25) is 10.0 Å². The number of hydrogen-bond acceptors (Lipinski definition) is 4. The van der Waals surface area contributed by atoms with Crippen molar-refractivity contribution in [3.05, 3.63) is 17.9 Å². The molecule has 0 aliphatic heterocycles. The van der Waals surface area contributed by atoms with Gasteiger partial charge in [-0.2, -0.15) is 4.31 Å². The maximum atomic E-state index is 13.6.